The molecule has 0 saturated carbocycles. The molecule has 1 amide bonds. The first kappa shape index (κ1) is 17.0. The van der Waals surface area contributed by atoms with Crippen LogP contribution in [0.1, 0.15) is 38.6 Å². The Morgan fingerprint density at radius 3 is 2.48 bits per heavy atom. The van der Waals surface area contributed by atoms with E-state index in [0.29, 0.717) is 24.5 Å². The standard InChI is InChI=1S/C20H21FN2O2/c1-13-14(2)19(20(24)22-11-18-5-4-10-25-18)23(15(13)3)12-16-6-8-17(21)9-7-16/h4-10H,11-12H2,1-3H3,(H,22,24). The first-order valence-corrected chi connectivity index (χ1v) is 8.18. The van der Waals surface area contributed by atoms with Crippen LogP contribution in [0.25, 0.3) is 0 Å². The number of hydrogen-bond donors (Lipinski definition) is 1. The Hall–Kier alpha value is -2.82. The summed E-state index contributed by atoms with van der Waals surface area (Å²) in [5.41, 5.74) is 4.65. The average Bonchev–Trinajstić information content (AvgIpc) is 3.19. The molecular weight excluding hydrogens is 319 g/mol. The Kier molecular flexibility index (Phi) is 4.74. The third-order valence-electron chi connectivity index (χ3n) is 4.61. The van der Waals surface area contributed by atoms with Gasteiger partial charge in [-0.15, -0.1) is 0 Å². The summed E-state index contributed by atoms with van der Waals surface area (Å²) < 4.78 is 20.4. The van der Waals surface area contributed by atoms with Gasteiger partial charge in [-0.05, 0) is 61.7 Å². The number of aromatic nitrogens is 1. The van der Waals surface area contributed by atoms with Crippen molar-refractivity contribution < 1.29 is 13.6 Å². The molecule has 1 N–H and O–H groups in total. The van der Waals surface area contributed by atoms with Gasteiger partial charge in [0.25, 0.3) is 5.91 Å². The largest absolute Gasteiger partial charge is 0.467 e. The van der Waals surface area contributed by atoms with Crippen molar-refractivity contribution in [3.8, 4) is 0 Å². The van der Waals surface area contributed by atoms with Crippen molar-refractivity contribution in [2.75, 3.05) is 0 Å². The zero-order valence-electron chi connectivity index (χ0n) is 14.6. The minimum Gasteiger partial charge on any atom is -0.467 e. The summed E-state index contributed by atoms with van der Waals surface area (Å²) in [4.78, 5) is 12.8. The van der Waals surface area contributed by atoms with Gasteiger partial charge in [-0.2, -0.15) is 0 Å². The van der Waals surface area contributed by atoms with E-state index in [1.807, 2.05) is 31.4 Å². The molecule has 0 aliphatic heterocycles. The summed E-state index contributed by atoms with van der Waals surface area (Å²) in [5, 5.41) is 2.90. The van der Waals surface area contributed by atoms with Crippen molar-refractivity contribution in [3.63, 3.8) is 0 Å². The summed E-state index contributed by atoms with van der Waals surface area (Å²) in [6, 6.07) is 9.96. The molecular formula is C20H21FN2O2. The second-order valence-electron chi connectivity index (χ2n) is 6.16. The van der Waals surface area contributed by atoms with Crippen LogP contribution in [0.2, 0.25) is 0 Å². The molecule has 4 nitrogen and oxygen atoms in total. The van der Waals surface area contributed by atoms with E-state index in [9.17, 15) is 9.18 Å². The van der Waals surface area contributed by atoms with Crippen LogP contribution in [0.15, 0.2) is 47.1 Å². The Morgan fingerprint density at radius 1 is 1.12 bits per heavy atom. The zero-order valence-corrected chi connectivity index (χ0v) is 14.6. The fourth-order valence-corrected chi connectivity index (χ4v) is 2.95. The van der Waals surface area contributed by atoms with Crippen LogP contribution in [-0.4, -0.2) is 10.5 Å². The lowest BCUT2D eigenvalue weighted by atomic mass is 10.1. The molecule has 0 unspecified atom stereocenters. The molecule has 0 bridgehead atoms. The number of nitrogens with one attached hydrogen (secondary N) is 1. The predicted molar refractivity (Wildman–Crippen MR) is 94.0 cm³/mol. The number of halogens is 1. The quantitative estimate of drug-likeness (QED) is 0.759. The molecule has 0 atom stereocenters. The zero-order chi connectivity index (χ0) is 18.0. The molecule has 0 aliphatic carbocycles. The number of carbonyl (C=O) groups is 1. The summed E-state index contributed by atoms with van der Waals surface area (Å²) in [6.07, 6.45) is 1.58. The highest BCUT2D eigenvalue weighted by Gasteiger charge is 2.20. The maximum absolute atomic E-state index is 13.1. The fourth-order valence-electron chi connectivity index (χ4n) is 2.95. The number of furan rings is 1. The van der Waals surface area contributed by atoms with Gasteiger partial charge in [0.05, 0.1) is 12.8 Å². The van der Waals surface area contributed by atoms with Crippen LogP contribution in [-0.2, 0) is 13.1 Å². The number of amides is 1. The molecule has 0 fully saturated rings. The average molecular weight is 340 g/mol. The lowest BCUT2D eigenvalue weighted by Crippen LogP contribution is -2.26. The molecule has 0 spiro atoms. The van der Waals surface area contributed by atoms with Crippen LogP contribution >= 0.6 is 0 Å². The topological polar surface area (TPSA) is 47.2 Å². The van der Waals surface area contributed by atoms with E-state index in [2.05, 4.69) is 5.32 Å². The number of nitrogens with zero attached hydrogens (tertiary/aromatic N) is 1. The van der Waals surface area contributed by atoms with Crippen molar-refractivity contribution in [3.05, 3.63) is 82.3 Å². The number of benzene rings is 1. The summed E-state index contributed by atoms with van der Waals surface area (Å²) >= 11 is 0. The normalized spacial score (nSPS) is 10.9. The maximum atomic E-state index is 13.1. The molecule has 130 valence electrons. The lowest BCUT2D eigenvalue weighted by Gasteiger charge is -2.13. The van der Waals surface area contributed by atoms with Crippen molar-refractivity contribution >= 4 is 5.91 Å². The number of carbonyl (C=O) groups excluding carboxylic acids is 1. The maximum Gasteiger partial charge on any atom is 0.268 e. The first-order valence-electron chi connectivity index (χ1n) is 8.18. The highest BCUT2D eigenvalue weighted by molar-refractivity contribution is 5.94. The molecule has 0 radical (unpaired) electrons. The third kappa shape index (κ3) is 3.50. The van der Waals surface area contributed by atoms with Gasteiger partial charge in [0.2, 0.25) is 0 Å². The van der Waals surface area contributed by atoms with E-state index in [4.69, 9.17) is 4.42 Å². The van der Waals surface area contributed by atoms with Crippen LogP contribution in [0, 0.1) is 26.6 Å². The Balaban J connectivity index is 1.88. The van der Waals surface area contributed by atoms with Crippen LogP contribution in [0.5, 0.6) is 0 Å². The smallest absolute Gasteiger partial charge is 0.268 e. The Morgan fingerprint density at radius 2 is 1.84 bits per heavy atom. The predicted octanol–water partition coefficient (Wildman–Crippen LogP) is 4.12. The van der Waals surface area contributed by atoms with Gasteiger partial charge < -0.3 is 14.3 Å². The molecule has 25 heavy (non-hydrogen) atoms. The van der Waals surface area contributed by atoms with Crippen molar-refractivity contribution in [2.24, 2.45) is 0 Å². The molecule has 2 heterocycles. The number of rotatable bonds is 5. The van der Waals surface area contributed by atoms with E-state index in [1.165, 1.54) is 12.1 Å². The highest BCUT2D eigenvalue weighted by atomic mass is 19.1. The summed E-state index contributed by atoms with van der Waals surface area (Å²) in [5.74, 6) is 0.292. The van der Waals surface area contributed by atoms with Gasteiger partial charge in [-0.3, -0.25) is 4.79 Å². The lowest BCUT2D eigenvalue weighted by molar-refractivity contribution is 0.0938. The van der Waals surface area contributed by atoms with Crippen molar-refractivity contribution in [1.29, 1.82) is 0 Å². The first-order chi connectivity index (χ1) is 12.0. The molecule has 5 heteroatoms. The third-order valence-corrected chi connectivity index (χ3v) is 4.61. The molecule has 0 aliphatic rings. The molecule has 0 saturated heterocycles. The van der Waals surface area contributed by atoms with Crippen LogP contribution < -0.4 is 5.32 Å². The van der Waals surface area contributed by atoms with E-state index < -0.39 is 0 Å². The van der Waals surface area contributed by atoms with Gasteiger partial charge in [-0.1, -0.05) is 12.1 Å². The van der Waals surface area contributed by atoms with E-state index in [-0.39, 0.29) is 11.7 Å². The van der Waals surface area contributed by atoms with Crippen molar-refractivity contribution in [1.82, 2.24) is 9.88 Å². The molecule has 2 aromatic heterocycles. The minimum absolute atomic E-state index is 0.146. The van der Waals surface area contributed by atoms with E-state index in [1.54, 1.807) is 24.5 Å². The minimum atomic E-state index is -0.267. The summed E-state index contributed by atoms with van der Waals surface area (Å²) in [6.45, 7) is 6.81. The van der Waals surface area contributed by atoms with Gasteiger partial charge in [-0.25, -0.2) is 4.39 Å². The summed E-state index contributed by atoms with van der Waals surface area (Å²) in [7, 11) is 0. The molecule has 1 aromatic carbocycles. The van der Waals surface area contributed by atoms with Gasteiger partial charge in [0, 0.05) is 12.2 Å². The monoisotopic (exact) mass is 340 g/mol. The molecule has 3 aromatic rings. The van der Waals surface area contributed by atoms with Gasteiger partial charge >= 0.3 is 0 Å². The number of hydrogen-bond acceptors (Lipinski definition) is 2. The van der Waals surface area contributed by atoms with Crippen molar-refractivity contribution in [2.45, 2.75) is 33.9 Å². The molecule has 3 rings (SSSR count). The van der Waals surface area contributed by atoms with Crippen LogP contribution in [0.4, 0.5) is 4.39 Å². The van der Waals surface area contributed by atoms with Gasteiger partial charge in [0.1, 0.15) is 17.3 Å². The van der Waals surface area contributed by atoms with Crippen LogP contribution in [0.3, 0.4) is 0 Å². The highest BCUT2D eigenvalue weighted by Crippen LogP contribution is 2.23. The van der Waals surface area contributed by atoms with E-state index in [0.717, 1.165) is 22.4 Å². The van der Waals surface area contributed by atoms with Gasteiger partial charge in [0.15, 0.2) is 0 Å². The Bertz CT molecular complexity index is 878. The second kappa shape index (κ2) is 6.97. The SMILES string of the molecule is Cc1c(C)c(C(=O)NCc2ccco2)n(Cc2ccc(F)cc2)c1C. The van der Waals surface area contributed by atoms with E-state index >= 15 is 0 Å². The fraction of sp³-hybridized carbons (Fsp3) is 0.250. The Labute approximate surface area is 146 Å². The second-order valence-corrected chi connectivity index (χ2v) is 6.16.